The van der Waals surface area contributed by atoms with E-state index in [1.807, 2.05) is 43.3 Å². The number of hydrogen-bond donors (Lipinski definition) is 2. The maximum atomic E-state index is 14.9. The second-order valence-corrected chi connectivity index (χ2v) is 53.5. The molecule has 11 nitrogen and oxygen atoms in total. The Labute approximate surface area is 438 Å². The van der Waals surface area contributed by atoms with E-state index in [1.54, 1.807) is 0 Å². The molecule has 4 rings (SSSR count). The fourth-order valence-electron chi connectivity index (χ4n) is 8.55. The number of aliphatic hydroxyl groups excluding tert-OH is 1. The topological polar surface area (TPSA) is 123 Å². The Bertz CT molecular complexity index is 2030. The van der Waals surface area contributed by atoms with E-state index in [4.69, 9.17) is 36.7 Å². The lowest BCUT2D eigenvalue weighted by molar-refractivity contribution is -0.144. The highest BCUT2D eigenvalue weighted by Gasteiger charge is 2.62. The molecule has 1 aliphatic carbocycles. The van der Waals surface area contributed by atoms with Crippen LogP contribution in [0, 0.1) is 0 Å². The quantitative estimate of drug-likeness (QED) is 0.0940. The van der Waals surface area contributed by atoms with Crippen molar-refractivity contribution in [3.63, 3.8) is 0 Å². The molecule has 3 aliphatic rings. The van der Waals surface area contributed by atoms with Gasteiger partial charge in [0.25, 0.3) is 0 Å². The summed E-state index contributed by atoms with van der Waals surface area (Å²) in [7, 11) is -11.8. The first-order valence-corrected chi connectivity index (χ1v) is 41.2. The third-order valence-electron chi connectivity index (χ3n) is 18.5. The van der Waals surface area contributed by atoms with Gasteiger partial charge in [0.1, 0.15) is 37.0 Å². The van der Waals surface area contributed by atoms with Gasteiger partial charge in [-0.05, 0) is 121 Å². The van der Waals surface area contributed by atoms with Crippen LogP contribution < -0.4 is 10.1 Å². The Hall–Kier alpha value is -1.27. The molecule has 71 heavy (non-hydrogen) atoms. The first-order valence-electron chi connectivity index (χ1n) is 26.5. The van der Waals surface area contributed by atoms with Crippen molar-refractivity contribution < 1.29 is 46.6 Å². The van der Waals surface area contributed by atoms with E-state index in [9.17, 15) is 9.90 Å². The summed E-state index contributed by atoms with van der Waals surface area (Å²) in [5.74, 6) is 0.432. The van der Waals surface area contributed by atoms with Crippen LogP contribution in [-0.2, 0) is 36.7 Å². The lowest BCUT2D eigenvalue weighted by Gasteiger charge is -2.55. The van der Waals surface area contributed by atoms with E-state index < -0.39 is 84.2 Å². The summed E-state index contributed by atoms with van der Waals surface area (Å²) in [5, 5.41) is 13.2. The van der Waals surface area contributed by atoms with Gasteiger partial charge in [0.05, 0.1) is 39.0 Å². The number of amides is 1. The largest absolute Gasteiger partial charge is 0.462 e. The van der Waals surface area contributed by atoms with Crippen molar-refractivity contribution in [1.29, 1.82) is 0 Å². The lowest BCUT2D eigenvalue weighted by atomic mass is 9.83. The highest BCUT2D eigenvalue weighted by molar-refractivity contribution is 6.82. The number of carbonyl (C=O) groups is 1. The molecule has 0 aromatic heterocycles. The third-order valence-corrected chi connectivity index (χ3v) is 42.6. The van der Waals surface area contributed by atoms with Crippen LogP contribution in [0.5, 0.6) is 5.75 Å². The van der Waals surface area contributed by atoms with Crippen molar-refractivity contribution in [2.75, 3.05) is 13.4 Å². The van der Waals surface area contributed by atoms with E-state index in [0.717, 1.165) is 11.1 Å². The summed E-state index contributed by atoms with van der Waals surface area (Å²) in [6, 6.07) is 7.25. The summed E-state index contributed by atoms with van der Waals surface area (Å²) in [6.07, 6.45) is 0.00146. The minimum Gasteiger partial charge on any atom is -0.462 e. The minimum absolute atomic E-state index is 0.0304. The highest BCUT2D eigenvalue weighted by atomic mass is 28.4. The van der Waals surface area contributed by atoms with Crippen LogP contribution >= 0.6 is 0 Å². The Morgan fingerprint density at radius 2 is 1.03 bits per heavy atom. The van der Waals surface area contributed by atoms with Gasteiger partial charge in [0, 0.05) is 11.1 Å². The molecule has 2 aliphatic heterocycles. The molecule has 2 heterocycles. The molecule has 1 saturated carbocycles. The van der Waals surface area contributed by atoms with Gasteiger partial charge in [-0.2, -0.15) is 0 Å². The molecule has 1 aromatic rings. The Morgan fingerprint density at radius 1 is 0.620 bits per heavy atom. The zero-order valence-electron chi connectivity index (χ0n) is 49.8. The van der Waals surface area contributed by atoms with E-state index in [2.05, 4.69) is 182 Å². The summed E-state index contributed by atoms with van der Waals surface area (Å²) in [4.78, 5) is 14.9. The first kappa shape index (κ1) is 62.3. The van der Waals surface area contributed by atoms with Gasteiger partial charge in [-0.3, -0.25) is 4.79 Å². The van der Waals surface area contributed by atoms with Gasteiger partial charge in [-0.15, -0.1) is 0 Å². The molecule has 1 amide bonds. The Balaban J connectivity index is 1.77. The maximum Gasteiger partial charge on any atom is 0.247 e. The minimum atomic E-state index is -2.49. The molecule has 408 valence electrons. The van der Waals surface area contributed by atoms with Crippen LogP contribution in [0.1, 0.15) is 123 Å². The van der Waals surface area contributed by atoms with Crippen LogP contribution in [0.4, 0.5) is 0 Å². The molecule has 0 radical (unpaired) electrons. The van der Waals surface area contributed by atoms with Crippen molar-refractivity contribution in [3.05, 3.63) is 47.1 Å². The van der Waals surface area contributed by atoms with Crippen LogP contribution in [0.25, 0.3) is 6.08 Å². The molecular formula is C55H103NO10Si5. The maximum absolute atomic E-state index is 14.9. The van der Waals surface area contributed by atoms with Crippen molar-refractivity contribution >= 4 is 53.3 Å². The van der Waals surface area contributed by atoms with Gasteiger partial charge in [0.2, 0.25) is 12.2 Å². The van der Waals surface area contributed by atoms with Gasteiger partial charge in [0.15, 0.2) is 33.3 Å². The van der Waals surface area contributed by atoms with Crippen molar-refractivity contribution in [1.82, 2.24) is 5.32 Å². The number of fused-ring (bicyclic) bond motifs is 1. The molecule has 0 unspecified atom stereocenters. The highest BCUT2D eigenvalue weighted by Crippen LogP contribution is 2.55. The lowest BCUT2D eigenvalue weighted by Crippen LogP contribution is -2.73. The monoisotopic (exact) mass is 1080 g/mol. The molecular weight excluding hydrogens is 975 g/mol. The van der Waals surface area contributed by atoms with E-state index in [-0.39, 0.29) is 62.2 Å². The number of benzene rings is 1. The zero-order valence-corrected chi connectivity index (χ0v) is 54.8. The predicted molar refractivity (Wildman–Crippen MR) is 306 cm³/mol. The van der Waals surface area contributed by atoms with Crippen LogP contribution in [-0.4, -0.2) is 121 Å². The number of carbonyl (C=O) groups excluding carboxylic acids is 1. The van der Waals surface area contributed by atoms with Crippen LogP contribution in [0.15, 0.2) is 41.5 Å². The molecule has 0 bridgehead atoms. The summed E-state index contributed by atoms with van der Waals surface area (Å²) >= 11 is 0. The Morgan fingerprint density at radius 3 is 1.45 bits per heavy atom. The first-order chi connectivity index (χ1) is 31.8. The van der Waals surface area contributed by atoms with E-state index in [0.29, 0.717) is 11.3 Å². The number of rotatable bonds is 16. The van der Waals surface area contributed by atoms with Crippen molar-refractivity contribution in [2.24, 2.45) is 0 Å². The molecule has 1 aromatic carbocycles. The normalized spacial score (nSPS) is 28.3. The van der Waals surface area contributed by atoms with E-state index in [1.165, 1.54) is 0 Å². The molecule has 2 N–H and O–H groups in total. The fraction of sp³-hybridized carbons (Fsp3) is 0.800. The number of aliphatic hydroxyl groups is 1. The number of ether oxygens (including phenoxy) is 4. The third kappa shape index (κ3) is 13.8. The second kappa shape index (κ2) is 21.6. The van der Waals surface area contributed by atoms with Crippen LogP contribution in [0.3, 0.4) is 0 Å². The van der Waals surface area contributed by atoms with Gasteiger partial charge >= 0.3 is 0 Å². The standard InChI is InChI=1S/C55H103NO10Si5/c1-36(32-33-57)41-48(67(18,19)51(3,4)5)47(66-71(26,27)55(15,16)17)50(62-41)61-39-30-28-38(29-31-39)34-37(2)49(58)56-40-42(63-68(20,21)52(6,7)8)44-45(60-35-59-44)46(65-70(24,25)54(12,13)14)43(40)64-69(22,23)53(9,10)11/h28-32,34,40-48,50,57H,33,35H2,1-27H3,(H,56,58)/t40-,41+,42+,43-,44-,45-,46+,47-,48+,50+/m0/s1. The predicted octanol–water partition coefficient (Wildman–Crippen LogP) is 13.8. The number of hydrogen-bond acceptors (Lipinski definition) is 10. The molecule has 3 fully saturated rings. The summed E-state index contributed by atoms with van der Waals surface area (Å²) < 4.78 is 56.5. The SMILES string of the molecule is CC(=Cc1ccc(O[C@@H]2O[C@H](C(C)=CCO)[C@@H]([Si](C)(C)C(C)(C)C)[C@@H]2O[Si](C)(C)C(C)(C)C)cc1)C(=O)N[C@H]1[C@@H](O[Si](C)(C)C(C)(C)C)[C@@H]2OCO[C@@H]2[C@H](O[Si](C)(C)C(C)(C)C)[C@H]1O[Si](C)(C)C(C)(C)C. The zero-order chi connectivity index (χ0) is 54.7. The molecule has 0 spiro atoms. The summed E-state index contributed by atoms with van der Waals surface area (Å²) in [5.41, 5.74) is 2.46. The molecule has 2 saturated heterocycles. The average Bonchev–Trinajstić information content (AvgIpc) is 3.81. The summed E-state index contributed by atoms with van der Waals surface area (Å²) in [6.45, 7) is 60.9. The van der Waals surface area contributed by atoms with Crippen molar-refractivity contribution in [3.8, 4) is 5.75 Å². The molecule has 10 atom stereocenters. The van der Waals surface area contributed by atoms with Crippen LogP contribution in [0.2, 0.25) is 96.2 Å². The average molecular weight is 1080 g/mol. The molecule has 16 heteroatoms. The Kier molecular flexibility index (Phi) is 19.0. The van der Waals surface area contributed by atoms with Crippen molar-refractivity contribution in [2.45, 2.75) is 269 Å². The van der Waals surface area contributed by atoms with E-state index >= 15 is 0 Å². The smallest absolute Gasteiger partial charge is 0.247 e. The fourth-order valence-corrected chi connectivity index (χ4v) is 17.1. The van der Waals surface area contributed by atoms with Gasteiger partial charge in [-0.1, -0.05) is 135 Å². The number of nitrogens with one attached hydrogen (secondary N) is 1. The van der Waals surface area contributed by atoms with Gasteiger partial charge < -0.3 is 47.1 Å². The second-order valence-electron chi connectivity index (χ2n) is 28.8. The van der Waals surface area contributed by atoms with Gasteiger partial charge in [-0.25, -0.2) is 0 Å².